The maximum Gasteiger partial charge on any atom is 0.150 e. The molecule has 1 N–H and O–H groups in total. The monoisotopic (exact) mass is 341 g/mol. The Labute approximate surface area is 125 Å². The van der Waals surface area contributed by atoms with Crippen LogP contribution in [0, 0.1) is 12.7 Å². The first-order valence-electron chi connectivity index (χ1n) is 5.92. The smallest absolute Gasteiger partial charge is 0.150 e. The van der Waals surface area contributed by atoms with Crippen molar-refractivity contribution in [3.05, 3.63) is 56.8 Å². The van der Waals surface area contributed by atoms with E-state index in [1.807, 2.05) is 26.1 Å². The van der Waals surface area contributed by atoms with E-state index in [4.69, 9.17) is 11.6 Å². The second kappa shape index (κ2) is 6.04. The van der Waals surface area contributed by atoms with E-state index in [0.29, 0.717) is 10.0 Å². The van der Waals surface area contributed by atoms with Crippen molar-refractivity contribution in [3.63, 3.8) is 0 Å². The van der Waals surface area contributed by atoms with Crippen LogP contribution < -0.4 is 5.32 Å². The fourth-order valence-corrected chi connectivity index (χ4v) is 2.55. The Balaban J connectivity index is 2.51. The van der Waals surface area contributed by atoms with E-state index in [1.165, 1.54) is 5.56 Å². The maximum absolute atomic E-state index is 14.2. The summed E-state index contributed by atoms with van der Waals surface area (Å²) in [5.74, 6) is -0.388. The molecule has 0 aromatic heterocycles. The number of hydrogen-bond donors (Lipinski definition) is 1. The van der Waals surface area contributed by atoms with Crippen molar-refractivity contribution in [1.29, 1.82) is 0 Å². The molecule has 2 aromatic rings. The number of rotatable bonds is 3. The third-order valence-corrected chi connectivity index (χ3v) is 4.26. The maximum atomic E-state index is 14.2. The second-order valence-electron chi connectivity index (χ2n) is 4.40. The molecule has 19 heavy (non-hydrogen) atoms. The molecular weight excluding hydrogens is 329 g/mol. The summed E-state index contributed by atoms with van der Waals surface area (Å²) in [5, 5.41) is 3.22. The van der Waals surface area contributed by atoms with E-state index in [-0.39, 0.29) is 10.8 Å². The molecule has 0 atom stereocenters. The summed E-state index contributed by atoms with van der Waals surface area (Å²) in [6, 6.07) is 9.49. The third-order valence-electron chi connectivity index (χ3n) is 3.00. The van der Waals surface area contributed by atoms with Gasteiger partial charge >= 0.3 is 0 Å². The molecule has 0 aliphatic heterocycles. The number of benzene rings is 2. The van der Waals surface area contributed by atoms with Gasteiger partial charge in [-0.3, -0.25) is 0 Å². The quantitative estimate of drug-likeness (QED) is 0.779. The Bertz CT molecular complexity index is 613. The van der Waals surface area contributed by atoms with E-state index in [1.54, 1.807) is 12.1 Å². The van der Waals surface area contributed by atoms with Gasteiger partial charge in [-0.25, -0.2) is 4.39 Å². The van der Waals surface area contributed by atoms with E-state index >= 15 is 0 Å². The molecule has 0 amide bonds. The molecule has 4 heteroatoms. The van der Waals surface area contributed by atoms with Crippen LogP contribution >= 0.6 is 27.5 Å². The lowest BCUT2D eigenvalue weighted by molar-refractivity contribution is 0.631. The Hall–Kier alpha value is -0.900. The van der Waals surface area contributed by atoms with Gasteiger partial charge in [0.05, 0.1) is 5.02 Å². The molecule has 2 aromatic carbocycles. The first kappa shape index (κ1) is 14.5. The van der Waals surface area contributed by atoms with Crippen LogP contribution in [-0.2, 0) is 6.54 Å². The van der Waals surface area contributed by atoms with Gasteiger partial charge in [0.2, 0.25) is 0 Å². The topological polar surface area (TPSA) is 12.0 Å². The number of hydrogen-bond acceptors (Lipinski definition) is 1. The average Bonchev–Trinajstić information content (AvgIpc) is 2.38. The molecule has 0 heterocycles. The van der Waals surface area contributed by atoms with Crippen molar-refractivity contribution in [2.45, 2.75) is 13.5 Å². The highest BCUT2D eigenvalue weighted by atomic mass is 79.9. The predicted molar refractivity (Wildman–Crippen MR) is 82.0 cm³/mol. The summed E-state index contributed by atoms with van der Waals surface area (Å²) < 4.78 is 14.8. The molecule has 0 aliphatic rings. The van der Waals surface area contributed by atoms with Crippen LogP contribution in [0.15, 0.2) is 34.8 Å². The van der Waals surface area contributed by atoms with Gasteiger partial charge in [-0.05, 0) is 52.7 Å². The van der Waals surface area contributed by atoms with E-state index in [9.17, 15) is 4.39 Å². The van der Waals surface area contributed by atoms with E-state index in [2.05, 4.69) is 27.3 Å². The summed E-state index contributed by atoms with van der Waals surface area (Å²) in [4.78, 5) is 0. The van der Waals surface area contributed by atoms with Crippen molar-refractivity contribution in [1.82, 2.24) is 5.32 Å². The minimum absolute atomic E-state index is 0.121. The molecule has 0 saturated carbocycles. The van der Waals surface area contributed by atoms with Crippen LogP contribution in [-0.4, -0.2) is 7.05 Å². The molecule has 0 saturated heterocycles. The zero-order valence-corrected chi connectivity index (χ0v) is 13.1. The molecule has 1 nitrogen and oxygen atoms in total. The molecule has 0 unspecified atom stereocenters. The molecule has 0 spiro atoms. The Morgan fingerprint density at radius 2 is 1.89 bits per heavy atom. The molecule has 100 valence electrons. The average molecular weight is 343 g/mol. The van der Waals surface area contributed by atoms with Crippen molar-refractivity contribution >= 4 is 27.5 Å². The highest BCUT2D eigenvalue weighted by Crippen LogP contribution is 2.34. The molecule has 0 radical (unpaired) electrons. The van der Waals surface area contributed by atoms with Crippen molar-refractivity contribution in [2.24, 2.45) is 0 Å². The summed E-state index contributed by atoms with van der Waals surface area (Å²) >= 11 is 9.16. The summed E-state index contributed by atoms with van der Waals surface area (Å²) in [6.45, 7) is 2.77. The molecule has 0 bridgehead atoms. The standard InChI is InChI=1S/C15H14BrClFN/c1-9-7-10(8-19-2)3-4-11(9)12-5-6-13(16)14(17)15(12)18/h3-7,19H,8H2,1-2H3. The van der Waals surface area contributed by atoms with Gasteiger partial charge in [-0.1, -0.05) is 35.9 Å². The molecule has 2 rings (SSSR count). The number of aryl methyl sites for hydroxylation is 1. The van der Waals surface area contributed by atoms with Gasteiger partial charge in [0.1, 0.15) is 0 Å². The predicted octanol–water partition coefficient (Wildman–Crippen LogP) is 4.94. The van der Waals surface area contributed by atoms with Crippen molar-refractivity contribution < 1.29 is 4.39 Å². The van der Waals surface area contributed by atoms with Crippen LogP contribution in [0.5, 0.6) is 0 Å². The zero-order chi connectivity index (χ0) is 14.0. The Kier molecular flexibility index (Phi) is 4.61. The lowest BCUT2D eigenvalue weighted by Crippen LogP contribution is -2.05. The van der Waals surface area contributed by atoms with Gasteiger partial charge in [0.25, 0.3) is 0 Å². The molecule has 0 fully saturated rings. The highest BCUT2D eigenvalue weighted by molar-refractivity contribution is 9.10. The first-order chi connectivity index (χ1) is 9.04. The zero-order valence-electron chi connectivity index (χ0n) is 10.7. The van der Waals surface area contributed by atoms with Crippen molar-refractivity contribution in [3.8, 4) is 11.1 Å². The van der Waals surface area contributed by atoms with Gasteiger partial charge in [-0.15, -0.1) is 0 Å². The molecule has 0 aliphatic carbocycles. The second-order valence-corrected chi connectivity index (χ2v) is 5.63. The number of halogens is 3. The van der Waals surface area contributed by atoms with E-state index in [0.717, 1.165) is 17.7 Å². The van der Waals surface area contributed by atoms with Crippen LogP contribution in [0.4, 0.5) is 4.39 Å². The van der Waals surface area contributed by atoms with Crippen LogP contribution in [0.25, 0.3) is 11.1 Å². The van der Waals surface area contributed by atoms with Gasteiger partial charge in [-0.2, -0.15) is 0 Å². The largest absolute Gasteiger partial charge is 0.316 e. The highest BCUT2D eigenvalue weighted by Gasteiger charge is 2.13. The fraction of sp³-hybridized carbons (Fsp3) is 0.200. The minimum atomic E-state index is -0.388. The summed E-state index contributed by atoms with van der Waals surface area (Å²) in [5.41, 5.74) is 3.60. The van der Waals surface area contributed by atoms with Gasteiger partial charge in [0, 0.05) is 16.6 Å². The SMILES string of the molecule is CNCc1ccc(-c2ccc(Br)c(Cl)c2F)c(C)c1. The van der Waals surface area contributed by atoms with Gasteiger partial charge < -0.3 is 5.32 Å². The van der Waals surface area contributed by atoms with Crippen LogP contribution in [0.2, 0.25) is 5.02 Å². The molecular formula is C15H14BrClFN. The summed E-state index contributed by atoms with van der Waals surface area (Å²) in [6.07, 6.45) is 0. The first-order valence-corrected chi connectivity index (χ1v) is 7.09. The normalized spacial score (nSPS) is 10.8. The number of nitrogens with one attached hydrogen (secondary N) is 1. The third kappa shape index (κ3) is 2.99. The van der Waals surface area contributed by atoms with Crippen LogP contribution in [0.1, 0.15) is 11.1 Å². The lowest BCUT2D eigenvalue weighted by atomic mass is 9.98. The van der Waals surface area contributed by atoms with Gasteiger partial charge in [0.15, 0.2) is 5.82 Å². The fourth-order valence-electron chi connectivity index (χ4n) is 2.08. The minimum Gasteiger partial charge on any atom is -0.316 e. The van der Waals surface area contributed by atoms with E-state index < -0.39 is 0 Å². The lowest BCUT2D eigenvalue weighted by Gasteiger charge is -2.11. The Morgan fingerprint density at radius 1 is 1.21 bits per heavy atom. The van der Waals surface area contributed by atoms with Crippen molar-refractivity contribution in [2.75, 3.05) is 7.05 Å². The van der Waals surface area contributed by atoms with Crippen LogP contribution in [0.3, 0.4) is 0 Å². The summed E-state index contributed by atoms with van der Waals surface area (Å²) in [7, 11) is 1.90. The Morgan fingerprint density at radius 3 is 2.53 bits per heavy atom.